The molecule has 0 aromatic carbocycles. The van der Waals surface area contributed by atoms with Gasteiger partial charge in [-0.15, -0.1) is 11.3 Å². The first-order valence-corrected chi connectivity index (χ1v) is 6.83. The van der Waals surface area contributed by atoms with Crippen molar-refractivity contribution >= 4 is 11.3 Å². The molecule has 0 spiro atoms. The monoisotopic (exact) mass is 241 g/mol. The Labute approximate surface area is 102 Å². The first kappa shape index (κ1) is 13.6. The predicted molar refractivity (Wildman–Crippen MR) is 70.5 cm³/mol. The van der Waals surface area contributed by atoms with Gasteiger partial charge in [0.25, 0.3) is 0 Å². The second-order valence-electron chi connectivity index (χ2n) is 4.30. The molecule has 1 heterocycles. The summed E-state index contributed by atoms with van der Waals surface area (Å²) in [5.74, 6) is 6.28. The van der Waals surface area contributed by atoms with Crippen molar-refractivity contribution in [3.05, 3.63) is 15.6 Å². The van der Waals surface area contributed by atoms with E-state index < -0.39 is 0 Å². The van der Waals surface area contributed by atoms with Gasteiger partial charge in [-0.1, -0.05) is 26.7 Å². The van der Waals surface area contributed by atoms with Gasteiger partial charge in [-0.25, -0.2) is 4.98 Å². The average molecular weight is 241 g/mol. The molecule has 1 aromatic heterocycles. The quantitative estimate of drug-likeness (QED) is 0.594. The maximum absolute atomic E-state index is 5.64. The van der Waals surface area contributed by atoms with Gasteiger partial charge in [-0.05, 0) is 19.8 Å². The Morgan fingerprint density at radius 2 is 1.94 bits per heavy atom. The van der Waals surface area contributed by atoms with Crippen LogP contribution in [0.2, 0.25) is 0 Å². The van der Waals surface area contributed by atoms with Crippen LogP contribution >= 0.6 is 11.3 Å². The van der Waals surface area contributed by atoms with E-state index in [1.54, 1.807) is 11.3 Å². The Morgan fingerprint density at radius 1 is 1.31 bits per heavy atom. The molecule has 0 fully saturated rings. The van der Waals surface area contributed by atoms with E-state index in [2.05, 4.69) is 38.1 Å². The lowest BCUT2D eigenvalue weighted by Gasteiger charge is -2.23. The molecule has 0 aliphatic heterocycles. The summed E-state index contributed by atoms with van der Waals surface area (Å²) in [6, 6.07) is 0.347. The Hall–Kier alpha value is -0.450. The number of rotatable bonds is 6. The summed E-state index contributed by atoms with van der Waals surface area (Å²) >= 11 is 1.79. The number of aryl methyl sites for hydroxylation is 2. The van der Waals surface area contributed by atoms with Crippen LogP contribution in [0.5, 0.6) is 0 Å². The third-order valence-electron chi connectivity index (χ3n) is 3.30. The summed E-state index contributed by atoms with van der Waals surface area (Å²) in [6.07, 6.45) is 3.27. The molecule has 16 heavy (non-hydrogen) atoms. The van der Waals surface area contributed by atoms with Gasteiger partial charge in [0.2, 0.25) is 0 Å². The van der Waals surface area contributed by atoms with Crippen molar-refractivity contribution in [3.8, 4) is 0 Å². The lowest BCUT2D eigenvalue weighted by atomic mass is 9.92. The van der Waals surface area contributed by atoms with E-state index in [-0.39, 0.29) is 0 Å². The van der Waals surface area contributed by atoms with E-state index in [1.165, 1.54) is 9.88 Å². The van der Waals surface area contributed by atoms with Crippen LogP contribution in [0.25, 0.3) is 0 Å². The number of hydrogen-bond acceptors (Lipinski definition) is 4. The topological polar surface area (TPSA) is 50.9 Å². The maximum Gasteiger partial charge on any atom is 0.0947 e. The summed E-state index contributed by atoms with van der Waals surface area (Å²) in [5, 5.41) is 1.20. The minimum Gasteiger partial charge on any atom is -0.271 e. The van der Waals surface area contributed by atoms with E-state index in [0.29, 0.717) is 12.0 Å². The highest BCUT2D eigenvalue weighted by Crippen LogP contribution is 2.21. The largest absolute Gasteiger partial charge is 0.271 e. The zero-order valence-electron chi connectivity index (χ0n) is 10.7. The Bertz CT molecular complexity index is 299. The van der Waals surface area contributed by atoms with Crippen molar-refractivity contribution in [2.24, 2.45) is 11.8 Å². The van der Waals surface area contributed by atoms with Gasteiger partial charge in [0.1, 0.15) is 0 Å². The van der Waals surface area contributed by atoms with Gasteiger partial charge >= 0.3 is 0 Å². The minimum absolute atomic E-state index is 0.347. The smallest absolute Gasteiger partial charge is 0.0947 e. The molecule has 0 aliphatic carbocycles. The summed E-state index contributed by atoms with van der Waals surface area (Å²) in [4.78, 5) is 5.89. The Kier molecular flexibility index (Phi) is 5.38. The van der Waals surface area contributed by atoms with E-state index in [0.717, 1.165) is 25.0 Å². The van der Waals surface area contributed by atoms with Crippen molar-refractivity contribution in [1.29, 1.82) is 0 Å². The molecule has 0 amide bonds. The van der Waals surface area contributed by atoms with Gasteiger partial charge in [-0.3, -0.25) is 11.3 Å². The molecular weight excluding hydrogens is 218 g/mol. The van der Waals surface area contributed by atoms with Crippen molar-refractivity contribution in [2.45, 2.75) is 53.0 Å². The van der Waals surface area contributed by atoms with Crippen LogP contribution in [0.1, 0.15) is 42.3 Å². The standard InChI is InChI=1S/C12H23N3S/c1-5-10(6-2)11(15-13)7-12-14-8(3)9(4)16-12/h10-11,15H,5-7,13H2,1-4H3. The normalized spacial score (nSPS) is 13.4. The highest BCUT2D eigenvalue weighted by molar-refractivity contribution is 7.11. The highest BCUT2D eigenvalue weighted by Gasteiger charge is 2.19. The molecule has 1 aromatic rings. The second kappa shape index (κ2) is 6.33. The summed E-state index contributed by atoms with van der Waals surface area (Å²) in [5.41, 5.74) is 4.10. The Balaban J connectivity index is 2.69. The number of thiazole rings is 1. The third-order valence-corrected chi connectivity index (χ3v) is 4.39. The average Bonchev–Trinajstić information content (AvgIpc) is 2.58. The molecule has 0 aliphatic rings. The number of hydrazine groups is 1. The van der Waals surface area contributed by atoms with Gasteiger partial charge < -0.3 is 0 Å². The lowest BCUT2D eigenvalue weighted by Crippen LogP contribution is -2.42. The summed E-state index contributed by atoms with van der Waals surface area (Å²) < 4.78 is 0. The van der Waals surface area contributed by atoms with Crippen LogP contribution in [0.4, 0.5) is 0 Å². The van der Waals surface area contributed by atoms with Gasteiger partial charge in [-0.2, -0.15) is 0 Å². The zero-order chi connectivity index (χ0) is 12.1. The fraction of sp³-hybridized carbons (Fsp3) is 0.750. The van der Waals surface area contributed by atoms with Crippen LogP contribution in [0, 0.1) is 19.8 Å². The van der Waals surface area contributed by atoms with Crippen LogP contribution in [0.3, 0.4) is 0 Å². The lowest BCUT2D eigenvalue weighted by molar-refractivity contribution is 0.335. The molecule has 0 saturated carbocycles. The first-order valence-electron chi connectivity index (χ1n) is 6.01. The third kappa shape index (κ3) is 3.27. The van der Waals surface area contributed by atoms with Crippen LogP contribution < -0.4 is 11.3 Å². The van der Waals surface area contributed by atoms with E-state index in [4.69, 9.17) is 5.84 Å². The van der Waals surface area contributed by atoms with Crippen LogP contribution in [-0.4, -0.2) is 11.0 Å². The second-order valence-corrected chi connectivity index (χ2v) is 5.59. The summed E-state index contributed by atoms with van der Waals surface area (Å²) in [6.45, 7) is 8.63. The molecule has 4 heteroatoms. The predicted octanol–water partition coefficient (Wildman–Crippen LogP) is 2.57. The highest BCUT2D eigenvalue weighted by atomic mass is 32.1. The van der Waals surface area contributed by atoms with Gasteiger partial charge in [0.05, 0.1) is 10.7 Å². The van der Waals surface area contributed by atoms with Crippen LogP contribution in [0.15, 0.2) is 0 Å². The van der Waals surface area contributed by atoms with E-state index in [1.807, 2.05) is 0 Å². The van der Waals surface area contributed by atoms with Crippen molar-refractivity contribution in [2.75, 3.05) is 0 Å². The summed E-state index contributed by atoms with van der Waals surface area (Å²) in [7, 11) is 0. The SMILES string of the molecule is CCC(CC)C(Cc1nc(C)c(C)s1)NN. The molecule has 3 nitrogen and oxygen atoms in total. The molecule has 0 radical (unpaired) electrons. The maximum atomic E-state index is 5.64. The van der Waals surface area contributed by atoms with Crippen molar-refractivity contribution in [3.63, 3.8) is 0 Å². The number of hydrogen-bond donors (Lipinski definition) is 2. The molecule has 0 bridgehead atoms. The van der Waals surface area contributed by atoms with Gasteiger partial charge in [0, 0.05) is 17.3 Å². The number of nitrogens with zero attached hydrogens (tertiary/aromatic N) is 1. The molecule has 3 N–H and O–H groups in total. The van der Waals surface area contributed by atoms with E-state index in [9.17, 15) is 0 Å². The van der Waals surface area contributed by atoms with Crippen molar-refractivity contribution in [1.82, 2.24) is 10.4 Å². The van der Waals surface area contributed by atoms with Gasteiger partial charge in [0.15, 0.2) is 0 Å². The van der Waals surface area contributed by atoms with Crippen molar-refractivity contribution < 1.29 is 0 Å². The molecule has 1 rings (SSSR count). The number of nitrogens with two attached hydrogens (primary N) is 1. The number of aromatic nitrogens is 1. The van der Waals surface area contributed by atoms with E-state index >= 15 is 0 Å². The zero-order valence-corrected chi connectivity index (χ0v) is 11.5. The molecule has 1 atom stereocenters. The fourth-order valence-electron chi connectivity index (χ4n) is 2.03. The minimum atomic E-state index is 0.347. The Morgan fingerprint density at radius 3 is 2.31 bits per heavy atom. The molecule has 92 valence electrons. The number of nitrogens with one attached hydrogen (secondary N) is 1. The molecule has 0 saturated heterocycles. The molecular formula is C12H23N3S. The fourth-order valence-corrected chi connectivity index (χ4v) is 3.03. The molecule has 1 unspecified atom stereocenters. The van der Waals surface area contributed by atoms with Crippen LogP contribution in [-0.2, 0) is 6.42 Å². The first-order chi connectivity index (χ1) is 7.62.